The predicted molar refractivity (Wildman–Crippen MR) is 119 cm³/mol. The van der Waals surface area contributed by atoms with Crippen LogP contribution in [0, 0.1) is 5.82 Å². The van der Waals surface area contributed by atoms with Gasteiger partial charge < -0.3 is 0 Å². The third kappa shape index (κ3) is 4.52. The van der Waals surface area contributed by atoms with Crippen LogP contribution in [0.5, 0.6) is 0 Å². The lowest BCUT2D eigenvalue weighted by Gasteiger charge is -2.30. The summed E-state index contributed by atoms with van der Waals surface area (Å²) in [6.07, 6.45) is 6.94. The number of hydrogen-bond acceptors (Lipinski definition) is 3. The average molecular weight is 449 g/mol. The van der Waals surface area contributed by atoms with Gasteiger partial charge in [0.25, 0.3) is 5.91 Å². The van der Waals surface area contributed by atoms with Gasteiger partial charge in [0.05, 0.1) is 4.91 Å². The molecule has 29 heavy (non-hydrogen) atoms. The van der Waals surface area contributed by atoms with Crippen LogP contribution in [0.2, 0.25) is 10.0 Å². The number of thioether (sulfide) groups is 1. The molecule has 2 fully saturated rings. The number of nitrogens with zero attached hydrogens (tertiary/aromatic N) is 2. The Hall–Kier alpha value is -1.82. The second-order valence-corrected chi connectivity index (χ2v) is 8.94. The van der Waals surface area contributed by atoms with Gasteiger partial charge in [0.2, 0.25) is 0 Å². The van der Waals surface area contributed by atoms with Crippen LogP contribution < -0.4 is 0 Å². The first kappa shape index (κ1) is 20.5. The minimum atomic E-state index is -0.408. The fraction of sp³-hybridized carbons (Fsp3) is 0.273. The zero-order valence-electron chi connectivity index (χ0n) is 15.6. The van der Waals surface area contributed by atoms with Crippen molar-refractivity contribution >= 4 is 57.8 Å². The van der Waals surface area contributed by atoms with Gasteiger partial charge in [-0.2, -0.15) is 0 Å². The molecule has 0 spiro atoms. The molecule has 3 nitrogen and oxygen atoms in total. The van der Waals surface area contributed by atoms with E-state index in [-0.39, 0.29) is 17.6 Å². The van der Waals surface area contributed by atoms with Crippen molar-refractivity contribution in [3.05, 3.63) is 68.8 Å². The van der Waals surface area contributed by atoms with Crippen LogP contribution in [0.15, 0.2) is 52.4 Å². The van der Waals surface area contributed by atoms with Crippen molar-refractivity contribution in [3.8, 4) is 0 Å². The van der Waals surface area contributed by atoms with E-state index < -0.39 is 5.82 Å². The Morgan fingerprint density at radius 2 is 1.86 bits per heavy atom. The van der Waals surface area contributed by atoms with E-state index in [9.17, 15) is 9.18 Å². The number of para-hydroxylation sites is 1. The maximum absolute atomic E-state index is 14.2. The molecule has 1 saturated heterocycles. The summed E-state index contributed by atoms with van der Waals surface area (Å²) in [5.74, 6) is -0.516. The normalized spacial score (nSPS) is 20.8. The lowest BCUT2D eigenvalue weighted by atomic mass is 9.94. The van der Waals surface area contributed by atoms with Gasteiger partial charge in [-0.3, -0.25) is 9.69 Å². The van der Waals surface area contributed by atoms with E-state index in [1.807, 2.05) is 0 Å². The molecule has 1 aliphatic carbocycles. The largest absolute Gasteiger partial charge is 0.283 e. The summed E-state index contributed by atoms with van der Waals surface area (Å²) >= 11 is 13.5. The Balaban J connectivity index is 1.73. The molecule has 1 aliphatic heterocycles. The topological polar surface area (TPSA) is 32.7 Å². The highest BCUT2D eigenvalue weighted by Crippen LogP contribution is 2.39. The summed E-state index contributed by atoms with van der Waals surface area (Å²) in [6.45, 7) is 0. The van der Waals surface area contributed by atoms with E-state index >= 15 is 0 Å². The Bertz CT molecular complexity index is 1000. The highest BCUT2D eigenvalue weighted by Gasteiger charge is 2.38. The highest BCUT2D eigenvalue weighted by atomic mass is 35.5. The number of carbonyl (C=O) groups excluding carboxylic acids is 1. The first-order valence-electron chi connectivity index (χ1n) is 9.54. The first-order chi connectivity index (χ1) is 14.0. The van der Waals surface area contributed by atoms with Gasteiger partial charge >= 0.3 is 0 Å². The number of carbonyl (C=O) groups is 1. The lowest BCUT2D eigenvalue weighted by Crippen LogP contribution is -2.40. The van der Waals surface area contributed by atoms with E-state index in [4.69, 9.17) is 23.2 Å². The summed E-state index contributed by atoms with van der Waals surface area (Å²) in [5, 5.41) is 1.53. The van der Waals surface area contributed by atoms with Crippen molar-refractivity contribution < 1.29 is 9.18 Å². The van der Waals surface area contributed by atoms with Gasteiger partial charge in [-0.25, -0.2) is 9.38 Å². The molecule has 2 aromatic rings. The molecule has 0 atom stereocenters. The fourth-order valence-corrected chi connectivity index (χ4v) is 5.14. The first-order valence-corrected chi connectivity index (χ1v) is 11.1. The minimum absolute atomic E-state index is 0.0841. The van der Waals surface area contributed by atoms with E-state index in [0.717, 1.165) is 25.7 Å². The van der Waals surface area contributed by atoms with E-state index in [2.05, 4.69) is 4.99 Å². The number of rotatable bonds is 3. The Kier molecular flexibility index (Phi) is 6.28. The third-order valence-electron chi connectivity index (χ3n) is 5.09. The molecule has 0 radical (unpaired) electrons. The monoisotopic (exact) mass is 448 g/mol. The standard InChI is InChI=1S/C22H19Cl2FN2OS/c23-15-11-10-14(17(24)13-15)12-20-21(28)27(16-6-2-1-3-7-16)22(29-20)26-19-9-5-4-8-18(19)25/h4-5,8-13,16H,1-3,6-7H2/b20-12-,26-22?. The van der Waals surface area contributed by atoms with Crippen molar-refractivity contribution in [2.45, 2.75) is 38.1 Å². The second-order valence-electron chi connectivity index (χ2n) is 7.09. The van der Waals surface area contributed by atoms with E-state index in [1.54, 1.807) is 47.4 Å². The fourth-order valence-electron chi connectivity index (χ4n) is 3.63. The maximum atomic E-state index is 14.2. The molecule has 2 aliphatic rings. The van der Waals surface area contributed by atoms with Crippen LogP contribution in [0.1, 0.15) is 37.7 Å². The van der Waals surface area contributed by atoms with Gasteiger partial charge in [-0.15, -0.1) is 0 Å². The maximum Gasteiger partial charge on any atom is 0.267 e. The molecule has 150 valence electrons. The minimum Gasteiger partial charge on any atom is -0.283 e. The van der Waals surface area contributed by atoms with E-state index in [1.165, 1.54) is 24.2 Å². The van der Waals surface area contributed by atoms with Gasteiger partial charge in [-0.1, -0.05) is 60.7 Å². The molecular weight excluding hydrogens is 430 g/mol. The van der Waals surface area contributed by atoms with Crippen LogP contribution >= 0.6 is 35.0 Å². The molecule has 1 heterocycles. The molecule has 4 rings (SSSR count). The predicted octanol–water partition coefficient (Wildman–Crippen LogP) is 7.07. The Morgan fingerprint density at radius 1 is 1.10 bits per heavy atom. The molecule has 2 aromatic carbocycles. The lowest BCUT2D eigenvalue weighted by molar-refractivity contribution is -0.124. The van der Waals surface area contributed by atoms with Crippen molar-refractivity contribution in [1.82, 2.24) is 4.90 Å². The summed E-state index contributed by atoms with van der Waals surface area (Å²) < 4.78 is 14.2. The number of aliphatic imine (C=N–C) groups is 1. The Morgan fingerprint density at radius 3 is 2.59 bits per heavy atom. The van der Waals surface area contributed by atoms with Gasteiger partial charge in [0.15, 0.2) is 5.17 Å². The van der Waals surface area contributed by atoms with Crippen LogP contribution in [-0.4, -0.2) is 22.0 Å². The van der Waals surface area contributed by atoms with Gasteiger partial charge in [-0.05, 0) is 60.5 Å². The van der Waals surface area contributed by atoms with Crippen LogP contribution in [0.4, 0.5) is 10.1 Å². The molecule has 0 bridgehead atoms. The molecule has 0 aromatic heterocycles. The number of amidine groups is 1. The summed E-state index contributed by atoms with van der Waals surface area (Å²) in [4.78, 5) is 20.0. The molecule has 0 N–H and O–H groups in total. The number of halogens is 3. The molecule has 1 saturated carbocycles. The molecule has 7 heteroatoms. The third-order valence-corrected chi connectivity index (χ3v) is 6.64. The van der Waals surface area contributed by atoms with Gasteiger partial charge in [0.1, 0.15) is 11.5 Å². The van der Waals surface area contributed by atoms with Crippen molar-refractivity contribution in [2.75, 3.05) is 0 Å². The summed E-state index contributed by atoms with van der Waals surface area (Å²) in [7, 11) is 0. The molecule has 0 unspecified atom stereocenters. The zero-order chi connectivity index (χ0) is 20.4. The summed E-state index contributed by atoms with van der Waals surface area (Å²) in [6, 6.07) is 11.6. The Labute approximate surface area is 183 Å². The van der Waals surface area contributed by atoms with Crippen molar-refractivity contribution in [2.24, 2.45) is 4.99 Å². The zero-order valence-corrected chi connectivity index (χ0v) is 17.9. The molecular formula is C22H19Cl2FN2OS. The second kappa shape index (κ2) is 8.90. The highest BCUT2D eigenvalue weighted by molar-refractivity contribution is 8.18. The number of benzene rings is 2. The van der Waals surface area contributed by atoms with E-state index in [0.29, 0.717) is 25.7 Å². The van der Waals surface area contributed by atoms with Crippen LogP contribution in [-0.2, 0) is 4.79 Å². The van der Waals surface area contributed by atoms with Crippen molar-refractivity contribution in [1.29, 1.82) is 0 Å². The summed E-state index contributed by atoms with van der Waals surface area (Å²) in [5.41, 5.74) is 0.942. The quantitative estimate of drug-likeness (QED) is 0.470. The van der Waals surface area contributed by atoms with Crippen LogP contribution in [0.25, 0.3) is 6.08 Å². The number of hydrogen-bond donors (Lipinski definition) is 0. The average Bonchev–Trinajstić information content (AvgIpc) is 3.01. The SMILES string of the molecule is O=C1/C(=C/c2ccc(Cl)cc2Cl)SC(=Nc2ccccc2F)N1C1CCCCC1. The smallest absolute Gasteiger partial charge is 0.267 e. The number of amides is 1. The molecule has 1 amide bonds. The van der Waals surface area contributed by atoms with Gasteiger partial charge in [0, 0.05) is 16.1 Å². The van der Waals surface area contributed by atoms with Crippen LogP contribution in [0.3, 0.4) is 0 Å². The van der Waals surface area contributed by atoms with Crippen molar-refractivity contribution in [3.63, 3.8) is 0 Å².